The molecular formula is C25H35N3O2. The van der Waals surface area contributed by atoms with Crippen LogP contribution in [0.3, 0.4) is 0 Å². The van der Waals surface area contributed by atoms with Crippen LogP contribution in [0.5, 0.6) is 0 Å². The van der Waals surface area contributed by atoms with E-state index in [1.54, 1.807) is 7.11 Å². The van der Waals surface area contributed by atoms with Crippen molar-refractivity contribution in [3.63, 3.8) is 0 Å². The number of ether oxygens (including phenoxy) is 1. The van der Waals surface area contributed by atoms with Crippen LogP contribution in [0.4, 0.5) is 5.69 Å². The van der Waals surface area contributed by atoms with E-state index in [1.165, 1.54) is 5.56 Å². The van der Waals surface area contributed by atoms with Gasteiger partial charge in [-0.2, -0.15) is 0 Å². The number of amides is 1. The van der Waals surface area contributed by atoms with Crippen LogP contribution in [0.25, 0.3) is 0 Å². The molecule has 5 nitrogen and oxygen atoms in total. The molecule has 1 heterocycles. The van der Waals surface area contributed by atoms with Crippen LogP contribution >= 0.6 is 0 Å². The van der Waals surface area contributed by atoms with E-state index in [0.717, 1.165) is 44.8 Å². The maximum atomic E-state index is 12.8. The van der Waals surface area contributed by atoms with Gasteiger partial charge in [0.2, 0.25) is 0 Å². The minimum atomic E-state index is -0.120. The van der Waals surface area contributed by atoms with Crippen LogP contribution in [-0.4, -0.2) is 74.2 Å². The van der Waals surface area contributed by atoms with Gasteiger partial charge in [-0.25, -0.2) is 0 Å². The summed E-state index contributed by atoms with van der Waals surface area (Å²) >= 11 is 0. The molecule has 0 aliphatic carbocycles. The molecule has 0 radical (unpaired) electrons. The van der Waals surface area contributed by atoms with Crippen molar-refractivity contribution in [2.75, 3.05) is 57.9 Å². The highest BCUT2D eigenvalue weighted by atomic mass is 16.5. The van der Waals surface area contributed by atoms with Gasteiger partial charge < -0.3 is 14.5 Å². The predicted octanol–water partition coefficient (Wildman–Crippen LogP) is 3.30. The number of anilines is 1. The van der Waals surface area contributed by atoms with Gasteiger partial charge >= 0.3 is 0 Å². The maximum Gasteiger partial charge on any atom is 0.253 e. The highest BCUT2D eigenvalue weighted by Gasteiger charge is 2.33. The number of piperazine rings is 1. The Morgan fingerprint density at radius 2 is 1.57 bits per heavy atom. The quantitative estimate of drug-likeness (QED) is 0.637. The van der Waals surface area contributed by atoms with Crippen LogP contribution in [0.2, 0.25) is 0 Å². The standard InChI is InChI=1S/C25H35N3O2/c1-25(2,21-28(24(29)20-30-3)23-12-8-5-9-13-23)27-18-16-26(17-19-27)15-14-22-10-6-4-7-11-22/h4-13H,14-21H2,1-3H3. The third-order valence-corrected chi connectivity index (χ3v) is 5.97. The molecule has 2 aromatic rings. The second-order valence-corrected chi connectivity index (χ2v) is 8.63. The summed E-state index contributed by atoms with van der Waals surface area (Å²) in [5.74, 6) is -0.00160. The molecule has 162 valence electrons. The average Bonchev–Trinajstić information content (AvgIpc) is 2.78. The van der Waals surface area contributed by atoms with Crippen molar-refractivity contribution in [3.8, 4) is 0 Å². The van der Waals surface area contributed by atoms with E-state index in [-0.39, 0.29) is 18.1 Å². The molecule has 3 rings (SSSR count). The van der Waals surface area contributed by atoms with Crippen molar-refractivity contribution in [2.24, 2.45) is 0 Å². The Bertz CT molecular complexity index is 771. The number of nitrogens with zero attached hydrogens (tertiary/aromatic N) is 3. The summed E-state index contributed by atoms with van der Waals surface area (Å²) < 4.78 is 5.13. The van der Waals surface area contributed by atoms with Crippen molar-refractivity contribution >= 4 is 11.6 Å². The van der Waals surface area contributed by atoms with Crippen LogP contribution < -0.4 is 4.90 Å². The Morgan fingerprint density at radius 3 is 2.17 bits per heavy atom. The van der Waals surface area contributed by atoms with Gasteiger partial charge in [-0.05, 0) is 38.0 Å². The van der Waals surface area contributed by atoms with Crippen LogP contribution in [0, 0.1) is 0 Å². The van der Waals surface area contributed by atoms with Gasteiger partial charge in [0.05, 0.1) is 0 Å². The normalized spacial score (nSPS) is 15.8. The zero-order chi connectivity index (χ0) is 21.4. The maximum absolute atomic E-state index is 12.8. The molecule has 0 aromatic heterocycles. The Hall–Kier alpha value is -2.21. The molecular weight excluding hydrogens is 374 g/mol. The lowest BCUT2D eigenvalue weighted by atomic mass is 9.99. The molecule has 0 spiro atoms. The Balaban J connectivity index is 1.57. The van der Waals surface area contributed by atoms with E-state index in [4.69, 9.17) is 4.74 Å². The van der Waals surface area contributed by atoms with Crippen molar-refractivity contribution in [1.82, 2.24) is 9.80 Å². The molecule has 1 fully saturated rings. The minimum Gasteiger partial charge on any atom is -0.375 e. The van der Waals surface area contributed by atoms with Gasteiger partial charge in [-0.15, -0.1) is 0 Å². The molecule has 0 atom stereocenters. The average molecular weight is 410 g/mol. The molecule has 0 saturated carbocycles. The highest BCUT2D eigenvalue weighted by molar-refractivity contribution is 5.94. The third kappa shape index (κ3) is 6.14. The van der Waals surface area contributed by atoms with Gasteiger partial charge in [0.1, 0.15) is 6.61 Å². The lowest BCUT2D eigenvalue weighted by Crippen LogP contribution is -2.59. The number of benzene rings is 2. The third-order valence-electron chi connectivity index (χ3n) is 5.97. The molecule has 30 heavy (non-hydrogen) atoms. The molecule has 1 saturated heterocycles. The first-order valence-corrected chi connectivity index (χ1v) is 10.9. The fraction of sp³-hybridized carbons (Fsp3) is 0.480. The van der Waals surface area contributed by atoms with Gasteiger partial charge in [0, 0.05) is 57.6 Å². The lowest BCUT2D eigenvalue weighted by Gasteiger charge is -2.46. The number of carbonyl (C=O) groups is 1. The first-order chi connectivity index (χ1) is 14.5. The van der Waals surface area contributed by atoms with Crippen LogP contribution in [0.15, 0.2) is 60.7 Å². The van der Waals surface area contributed by atoms with E-state index in [1.807, 2.05) is 35.2 Å². The number of para-hydroxylation sites is 1. The Kier molecular flexibility index (Phi) is 8.02. The van der Waals surface area contributed by atoms with E-state index in [2.05, 4.69) is 54.0 Å². The van der Waals surface area contributed by atoms with Crippen molar-refractivity contribution < 1.29 is 9.53 Å². The van der Waals surface area contributed by atoms with Crippen LogP contribution in [0.1, 0.15) is 19.4 Å². The summed E-state index contributed by atoms with van der Waals surface area (Å²) in [5.41, 5.74) is 2.20. The first-order valence-electron chi connectivity index (χ1n) is 10.9. The summed E-state index contributed by atoms with van der Waals surface area (Å²) in [5, 5.41) is 0. The summed E-state index contributed by atoms with van der Waals surface area (Å²) in [4.78, 5) is 19.7. The monoisotopic (exact) mass is 409 g/mol. The Labute approximate surface area is 181 Å². The van der Waals surface area contributed by atoms with Crippen LogP contribution in [-0.2, 0) is 16.0 Å². The van der Waals surface area contributed by atoms with Crippen molar-refractivity contribution in [2.45, 2.75) is 25.8 Å². The SMILES string of the molecule is COCC(=O)N(CC(C)(C)N1CCN(CCc2ccccc2)CC1)c1ccccc1. The molecule has 1 aliphatic heterocycles. The topological polar surface area (TPSA) is 36.0 Å². The molecule has 0 N–H and O–H groups in total. The second-order valence-electron chi connectivity index (χ2n) is 8.63. The second kappa shape index (κ2) is 10.7. The molecule has 1 aliphatic rings. The Morgan fingerprint density at radius 1 is 0.967 bits per heavy atom. The zero-order valence-corrected chi connectivity index (χ0v) is 18.6. The molecule has 1 amide bonds. The van der Waals surface area contributed by atoms with E-state index < -0.39 is 0 Å². The molecule has 0 unspecified atom stereocenters. The van der Waals surface area contributed by atoms with Crippen molar-refractivity contribution in [3.05, 3.63) is 66.2 Å². The minimum absolute atomic E-state index is 0.00160. The largest absolute Gasteiger partial charge is 0.375 e. The first kappa shape index (κ1) is 22.5. The van der Waals surface area contributed by atoms with E-state index >= 15 is 0 Å². The molecule has 2 aromatic carbocycles. The number of methoxy groups -OCH3 is 1. The smallest absolute Gasteiger partial charge is 0.253 e. The summed E-state index contributed by atoms with van der Waals surface area (Å²) in [6.07, 6.45) is 1.09. The number of rotatable bonds is 9. The molecule has 5 heteroatoms. The number of carbonyl (C=O) groups excluding carboxylic acids is 1. The lowest BCUT2D eigenvalue weighted by molar-refractivity contribution is -0.122. The van der Waals surface area contributed by atoms with Gasteiger partial charge in [0.15, 0.2) is 0 Å². The fourth-order valence-electron chi connectivity index (χ4n) is 4.13. The van der Waals surface area contributed by atoms with E-state index in [0.29, 0.717) is 6.54 Å². The highest BCUT2D eigenvalue weighted by Crippen LogP contribution is 2.23. The summed E-state index contributed by atoms with van der Waals surface area (Å²) in [6, 6.07) is 20.6. The number of hydrogen-bond acceptors (Lipinski definition) is 4. The zero-order valence-electron chi connectivity index (χ0n) is 18.6. The fourth-order valence-corrected chi connectivity index (χ4v) is 4.13. The summed E-state index contributed by atoms with van der Waals surface area (Å²) in [6.45, 7) is 10.5. The predicted molar refractivity (Wildman–Crippen MR) is 123 cm³/mol. The van der Waals surface area contributed by atoms with Gasteiger partial charge in [0.25, 0.3) is 5.91 Å². The van der Waals surface area contributed by atoms with Gasteiger partial charge in [-0.1, -0.05) is 48.5 Å². The number of hydrogen-bond donors (Lipinski definition) is 0. The van der Waals surface area contributed by atoms with Crippen molar-refractivity contribution in [1.29, 1.82) is 0 Å². The van der Waals surface area contributed by atoms with E-state index in [9.17, 15) is 4.79 Å². The van der Waals surface area contributed by atoms with Gasteiger partial charge in [-0.3, -0.25) is 9.69 Å². The summed E-state index contributed by atoms with van der Waals surface area (Å²) in [7, 11) is 1.57. The molecule has 0 bridgehead atoms.